The van der Waals surface area contributed by atoms with Gasteiger partial charge >= 0.3 is 0 Å². The Morgan fingerprint density at radius 1 is 1.28 bits per heavy atom. The van der Waals surface area contributed by atoms with Gasteiger partial charge in [0.25, 0.3) is 0 Å². The summed E-state index contributed by atoms with van der Waals surface area (Å²) < 4.78 is 0. The van der Waals surface area contributed by atoms with Crippen molar-refractivity contribution in [2.45, 2.75) is 12.1 Å². The normalized spacial score (nSPS) is 10.8. The molecule has 0 aliphatic carbocycles. The second-order valence-corrected chi connectivity index (χ2v) is 5.34. The lowest BCUT2D eigenvalue weighted by Gasteiger charge is -1.99. The fourth-order valence-corrected chi connectivity index (χ4v) is 2.93. The van der Waals surface area contributed by atoms with Crippen molar-refractivity contribution in [3.05, 3.63) is 41.5 Å². The van der Waals surface area contributed by atoms with Crippen LogP contribution in [-0.2, 0) is 0 Å². The van der Waals surface area contributed by atoms with Crippen molar-refractivity contribution in [1.82, 2.24) is 15.0 Å². The molecule has 0 saturated heterocycles. The summed E-state index contributed by atoms with van der Waals surface area (Å²) in [6, 6.07) is 6.06. The molecule has 0 unspecified atom stereocenters. The van der Waals surface area contributed by atoms with Crippen LogP contribution in [-0.4, -0.2) is 15.0 Å². The van der Waals surface area contributed by atoms with Gasteiger partial charge in [-0.3, -0.25) is 4.98 Å². The zero-order valence-electron chi connectivity index (χ0n) is 9.71. The van der Waals surface area contributed by atoms with Crippen molar-refractivity contribution in [3.8, 4) is 21.8 Å². The average molecular weight is 273 g/mol. The number of thiol groups is 1. The number of rotatable bonds is 2. The van der Waals surface area contributed by atoms with Crippen LogP contribution in [0.4, 0.5) is 0 Å². The predicted molar refractivity (Wildman–Crippen MR) is 77.1 cm³/mol. The van der Waals surface area contributed by atoms with Crippen molar-refractivity contribution in [2.24, 2.45) is 0 Å². The van der Waals surface area contributed by atoms with Crippen LogP contribution < -0.4 is 0 Å². The fourth-order valence-electron chi connectivity index (χ4n) is 1.82. The summed E-state index contributed by atoms with van der Waals surface area (Å²) in [5.41, 5.74) is 4.26. The van der Waals surface area contributed by atoms with Gasteiger partial charge in [-0.05, 0) is 36.1 Å². The number of imidazole rings is 1. The van der Waals surface area contributed by atoms with Gasteiger partial charge in [-0.1, -0.05) is 0 Å². The summed E-state index contributed by atoms with van der Waals surface area (Å²) in [5.74, 6) is 0. The minimum Gasteiger partial charge on any atom is -0.333 e. The Hall–Kier alpha value is -1.59. The van der Waals surface area contributed by atoms with E-state index >= 15 is 0 Å². The highest BCUT2D eigenvalue weighted by Gasteiger charge is 2.13. The molecule has 0 aromatic carbocycles. The molecule has 0 aliphatic heterocycles. The van der Waals surface area contributed by atoms with Crippen LogP contribution in [0.5, 0.6) is 0 Å². The largest absolute Gasteiger partial charge is 0.333 e. The van der Waals surface area contributed by atoms with Gasteiger partial charge in [0.1, 0.15) is 5.69 Å². The fraction of sp³-hybridized carbons (Fsp3) is 0.0769. The van der Waals surface area contributed by atoms with Crippen molar-refractivity contribution >= 4 is 24.0 Å². The number of nitrogens with zero attached hydrogens (tertiary/aromatic N) is 2. The van der Waals surface area contributed by atoms with E-state index in [1.54, 1.807) is 23.7 Å². The van der Waals surface area contributed by atoms with Crippen LogP contribution in [0.15, 0.2) is 41.1 Å². The molecule has 18 heavy (non-hydrogen) atoms. The summed E-state index contributed by atoms with van der Waals surface area (Å²) >= 11 is 6.00. The lowest BCUT2D eigenvalue weighted by Crippen LogP contribution is -1.81. The number of thiophene rings is 1. The van der Waals surface area contributed by atoms with E-state index in [1.807, 2.05) is 12.1 Å². The summed E-state index contributed by atoms with van der Waals surface area (Å²) in [5, 5.41) is 2.75. The molecule has 3 aromatic heterocycles. The Kier molecular flexibility index (Phi) is 2.93. The summed E-state index contributed by atoms with van der Waals surface area (Å²) in [4.78, 5) is 12.9. The van der Waals surface area contributed by atoms with Gasteiger partial charge in [-0.2, -0.15) is 0 Å². The van der Waals surface area contributed by atoms with Gasteiger partial charge in [0.2, 0.25) is 0 Å². The first-order valence-corrected chi connectivity index (χ1v) is 6.81. The molecule has 3 rings (SSSR count). The zero-order valence-corrected chi connectivity index (χ0v) is 11.4. The first kappa shape index (κ1) is 11.5. The molecule has 3 heterocycles. The van der Waals surface area contributed by atoms with Crippen molar-refractivity contribution in [2.75, 3.05) is 0 Å². The molecular formula is C13H11N3S2. The molecule has 0 amide bonds. The Morgan fingerprint density at radius 2 is 2.06 bits per heavy atom. The van der Waals surface area contributed by atoms with E-state index in [1.165, 1.54) is 5.56 Å². The highest BCUT2D eigenvalue weighted by molar-refractivity contribution is 7.80. The molecule has 0 spiro atoms. The Morgan fingerprint density at radius 3 is 2.72 bits per heavy atom. The zero-order chi connectivity index (χ0) is 12.5. The predicted octanol–water partition coefficient (Wildman–Crippen LogP) is 3.80. The first-order valence-electron chi connectivity index (χ1n) is 5.49. The maximum absolute atomic E-state index is 4.47. The van der Waals surface area contributed by atoms with Gasteiger partial charge in [0, 0.05) is 18.0 Å². The van der Waals surface area contributed by atoms with Gasteiger partial charge < -0.3 is 4.98 Å². The molecule has 90 valence electrons. The number of aromatic amines is 1. The molecule has 1 N–H and O–H groups in total. The minimum atomic E-state index is 0.628. The van der Waals surface area contributed by atoms with Crippen molar-refractivity contribution < 1.29 is 0 Å². The van der Waals surface area contributed by atoms with E-state index in [-0.39, 0.29) is 0 Å². The number of H-pyrrole nitrogens is 1. The summed E-state index contributed by atoms with van der Waals surface area (Å²) in [7, 11) is 0. The molecule has 0 fully saturated rings. The topological polar surface area (TPSA) is 41.6 Å². The standard InChI is InChI=1S/C13H11N3S2/c1-8-6-10(18-7-8)12-11(15-13(17)16-12)9-2-4-14-5-3-9/h2-7H,1H3,(H2,15,16,17). The molecule has 0 aliphatic rings. The number of hydrogen-bond acceptors (Lipinski definition) is 4. The van der Waals surface area contributed by atoms with Crippen molar-refractivity contribution in [3.63, 3.8) is 0 Å². The molecule has 5 heteroatoms. The third kappa shape index (κ3) is 2.07. The number of aryl methyl sites for hydroxylation is 1. The van der Waals surface area contributed by atoms with Gasteiger partial charge in [0.15, 0.2) is 5.16 Å². The third-order valence-electron chi connectivity index (χ3n) is 2.62. The average Bonchev–Trinajstić information content (AvgIpc) is 2.96. The molecule has 0 radical (unpaired) electrons. The van der Waals surface area contributed by atoms with Crippen LogP contribution in [0.2, 0.25) is 0 Å². The third-order valence-corrected chi connectivity index (χ3v) is 3.89. The van der Waals surface area contributed by atoms with Crippen LogP contribution in [0, 0.1) is 6.92 Å². The lowest BCUT2D eigenvalue weighted by molar-refractivity contribution is 1.07. The van der Waals surface area contributed by atoms with Gasteiger partial charge in [0.05, 0.1) is 10.6 Å². The number of aromatic nitrogens is 3. The van der Waals surface area contributed by atoms with Crippen molar-refractivity contribution in [1.29, 1.82) is 0 Å². The molecule has 3 nitrogen and oxygen atoms in total. The molecule has 0 bridgehead atoms. The highest BCUT2D eigenvalue weighted by atomic mass is 32.1. The van der Waals surface area contributed by atoms with Gasteiger partial charge in [-0.25, -0.2) is 4.98 Å². The summed E-state index contributed by atoms with van der Waals surface area (Å²) in [6.45, 7) is 2.08. The first-order chi connectivity index (χ1) is 8.74. The molecule has 0 atom stereocenters. The van der Waals surface area contributed by atoms with Crippen LogP contribution in [0.1, 0.15) is 5.56 Å². The van der Waals surface area contributed by atoms with Crippen LogP contribution in [0.3, 0.4) is 0 Å². The van der Waals surface area contributed by atoms with Crippen LogP contribution in [0.25, 0.3) is 21.8 Å². The van der Waals surface area contributed by atoms with E-state index in [4.69, 9.17) is 0 Å². The Bertz CT molecular complexity index is 671. The SMILES string of the molecule is Cc1csc(-c2nc(S)[nH]c2-c2ccncc2)c1. The monoisotopic (exact) mass is 273 g/mol. The van der Waals surface area contributed by atoms with Crippen LogP contribution >= 0.6 is 24.0 Å². The lowest BCUT2D eigenvalue weighted by atomic mass is 10.1. The quantitative estimate of drug-likeness (QED) is 0.697. The molecule has 0 saturated carbocycles. The highest BCUT2D eigenvalue weighted by Crippen LogP contribution is 2.34. The van der Waals surface area contributed by atoms with E-state index in [2.05, 4.69) is 46.0 Å². The molecular weight excluding hydrogens is 262 g/mol. The second-order valence-electron chi connectivity index (χ2n) is 4.01. The number of nitrogens with one attached hydrogen (secondary N) is 1. The second kappa shape index (κ2) is 4.59. The van der Waals surface area contributed by atoms with E-state index in [0.29, 0.717) is 5.16 Å². The summed E-state index contributed by atoms with van der Waals surface area (Å²) in [6.07, 6.45) is 3.55. The molecule has 3 aromatic rings. The van der Waals surface area contributed by atoms with E-state index < -0.39 is 0 Å². The smallest absolute Gasteiger partial charge is 0.163 e. The maximum Gasteiger partial charge on any atom is 0.163 e. The number of pyridine rings is 1. The Labute approximate surface area is 114 Å². The van der Waals surface area contributed by atoms with E-state index in [9.17, 15) is 0 Å². The maximum atomic E-state index is 4.47. The van der Waals surface area contributed by atoms with Gasteiger partial charge in [-0.15, -0.1) is 24.0 Å². The Balaban J connectivity index is 2.16. The number of hydrogen-bond donors (Lipinski definition) is 2. The van der Waals surface area contributed by atoms with E-state index in [0.717, 1.165) is 21.8 Å². The minimum absolute atomic E-state index is 0.628.